The number of halogens is 1. The predicted molar refractivity (Wildman–Crippen MR) is 180 cm³/mol. The van der Waals surface area contributed by atoms with Gasteiger partial charge in [0.1, 0.15) is 24.1 Å². The number of sulfonamides is 1. The van der Waals surface area contributed by atoms with Crippen LogP contribution in [0.15, 0.2) is 108 Å². The smallest absolute Gasteiger partial charge is 0.264 e. The van der Waals surface area contributed by atoms with Crippen LogP contribution in [0.1, 0.15) is 25.0 Å². The van der Waals surface area contributed by atoms with Crippen LogP contribution >= 0.6 is 11.6 Å². The minimum atomic E-state index is -4.28. The van der Waals surface area contributed by atoms with Gasteiger partial charge >= 0.3 is 0 Å². The van der Waals surface area contributed by atoms with Gasteiger partial charge in [-0.15, -0.1) is 0 Å². The third-order valence-electron chi connectivity index (χ3n) is 7.21. The Balaban J connectivity index is 1.81. The second-order valence-electron chi connectivity index (χ2n) is 10.9. The van der Waals surface area contributed by atoms with Crippen molar-refractivity contribution in [1.29, 1.82) is 0 Å². The lowest BCUT2D eigenvalue weighted by molar-refractivity contribution is -0.140. The Morgan fingerprint density at radius 2 is 1.46 bits per heavy atom. The van der Waals surface area contributed by atoms with E-state index in [1.54, 1.807) is 43.5 Å². The fourth-order valence-corrected chi connectivity index (χ4v) is 6.53. The van der Waals surface area contributed by atoms with Crippen LogP contribution in [0.2, 0.25) is 5.02 Å². The summed E-state index contributed by atoms with van der Waals surface area (Å²) in [6, 6.07) is 27.6. The Bertz CT molecular complexity index is 1730. The second-order valence-corrected chi connectivity index (χ2v) is 13.2. The Morgan fingerprint density at radius 3 is 2.09 bits per heavy atom. The lowest BCUT2D eigenvalue weighted by Crippen LogP contribution is -2.54. The van der Waals surface area contributed by atoms with Crippen molar-refractivity contribution >= 4 is 39.1 Å². The van der Waals surface area contributed by atoms with E-state index in [0.29, 0.717) is 22.1 Å². The van der Waals surface area contributed by atoms with Crippen molar-refractivity contribution in [3.8, 4) is 11.5 Å². The summed E-state index contributed by atoms with van der Waals surface area (Å²) >= 11 is 6.29. The molecule has 0 aliphatic rings. The van der Waals surface area contributed by atoms with E-state index < -0.39 is 28.5 Å². The number of methoxy groups -OCH3 is 2. The SMILES string of the molecule is COc1ccc(S(=O)(=O)N(CC(=O)N(Cc2cccc(OC)c2)C(Cc2ccccc2)C(=O)NC(C)C)c2cccc(Cl)c2)cc1. The molecule has 0 spiro atoms. The van der Waals surface area contributed by atoms with E-state index in [2.05, 4.69) is 5.32 Å². The zero-order valence-electron chi connectivity index (χ0n) is 26.2. The van der Waals surface area contributed by atoms with Crippen LogP contribution in [-0.4, -0.2) is 58.0 Å². The zero-order valence-corrected chi connectivity index (χ0v) is 27.8. The number of carbonyl (C=O) groups excluding carboxylic acids is 2. The number of rotatable bonds is 14. The molecule has 4 aromatic carbocycles. The van der Waals surface area contributed by atoms with E-state index in [1.807, 2.05) is 50.2 Å². The standard InChI is InChI=1S/C35H38ClN3O6S/c1-25(2)37-35(41)33(21-26-10-6-5-7-11-26)38(23-27-12-8-15-31(20-27)45-4)34(40)24-39(29-14-9-13-28(36)22-29)46(42,43)32-18-16-30(44-3)17-19-32/h5-20,22,25,33H,21,23-24H2,1-4H3,(H,37,41). The molecule has 46 heavy (non-hydrogen) atoms. The first-order valence-corrected chi connectivity index (χ1v) is 16.5. The second kappa shape index (κ2) is 15.6. The molecule has 4 aromatic rings. The molecule has 0 aliphatic carbocycles. The van der Waals surface area contributed by atoms with Gasteiger partial charge in [-0.1, -0.05) is 60.1 Å². The molecule has 1 N–H and O–H groups in total. The van der Waals surface area contributed by atoms with E-state index in [0.717, 1.165) is 9.87 Å². The highest BCUT2D eigenvalue weighted by Gasteiger charge is 2.35. The molecule has 1 atom stereocenters. The highest BCUT2D eigenvalue weighted by Crippen LogP contribution is 2.28. The van der Waals surface area contributed by atoms with Gasteiger partial charge in [0.15, 0.2) is 0 Å². The monoisotopic (exact) mass is 663 g/mol. The molecule has 0 saturated carbocycles. The summed E-state index contributed by atoms with van der Waals surface area (Å²) in [5.74, 6) is 0.120. The Labute approximate surface area is 275 Å². The summed E-state index contributed by atoms with van der Waals surface area (Å²) in [6.45, 7) is 3.10. The largest absolute Gasteiger partial charge is 0.497 e. The Kier molecular flexibility index (Phi) is 11.7. The summed E-state index contributed by atoms with van der Waals surface area (Å²) in [5.41, 5.74) is 1.74. The van der Waals surface area contributed by atoms with E-state index >= 15 is 0 Å². The van der Waals surface area contributed by atoms with Crippen molar-refractivity contribution in [2.45, 2.75) is 43.8 Å². The van der Waals surface area contributed by atoms with Gasteiger partial charge in [0.2, 0.25) is 11.8 Å². The summed E-state index contributed by atoms with van der Waals surface area (Å²) in [5, 5.41) is 3.25. The highest BCUT2D eigenvalue weighted by molar-refractivity contribution is 7.92. The van der Waals surface area contributed by atoms with Gasteiger partial charge in [0.05, 0.1) is 24.8 Å². The first-order chi connectivity index (χ1) is 22.0. The van der Waals surface area contributed by atoms with Gasteiger partial charge in [-0.05, 0) is 79.6 Å². The fourth-order valence-electron chi connectivity index (χ4n) is 4.94. The van der Waals surface area contributed by atoms with Crippen molar-refractivity contribution in [3.05, 3.63) is 119 Å². The van der Waals surface area contributed by atoms with Crippen molar-refractivity contribution in [2.24, 2.45) is 0 Å². The third kappa shape index (κ3) is 8.80. The van der Waals surface area contributed by atoms with E-state index in [4.69, 9.17) is 21.1 Å². The quantitative estimate of drug-likeness (QED) is 0.185. The fraction of sp³-hybridized carbons (Fsp3) is 0.257. The van der Waals surface area contributed by atoms with Crippen LogP contribution in [0.25, 0.3) is 0 Å². The lowest BCUT2D eigenvalue weighted by Gasteiger charge is -2.34. The lowest BCUT2D eigenvalue weighted by atomic mass is 10.0. The van der Waals surface area contributed by atoms with Crippen molar-refractivity contribution < 1.29 is 27.5 Å². The highest BCUT2D eigenvalue weighted by atomic mass is 35.5. The third-order valence-corrected chi connectivity index (χ3v) is 9.23. The molecule has 9 nitrogen and oxygen atoms in total. The summed E-state index contributed by atoms with van der Waals surface area (Å²) in [4.78, 5) is 29.7. The maximum absolute atomic E-state index is 14.5. The molecule has 242 valence electrons. The van der Waals surface area contributed by atoms with Gasteiger partial charge in [0, 0.05) is 24.0 Å². The molecule has 1 unspecified atom stereocenters. The van der Waals surface area contributed by atoms with Crippen LogP contribution in [0.3, 0.4) is 0 Å². The Hall–Kier alpha value is -4.54. The van der Waals surface area contributed by atoms with Crippen LogP contribution in [0.4, 0.5) is 5.69 Å². The number of carbonyl (C=O) groups is 2. The van der Waals surface area contributed by atoms with Crippen LogP contribution in [0, 0.1) is 0 Å². The molecule has 11 heteroatoms. The molecule has 2 amide bonds. The zero-order chi connectivity index (χ0) is 33.3. The van der Waals surface area contributed by atoms with Gasteiger partial charge in [-0.2, -0.15) is 0 Å². The van der Waals surface area contributed by atoms with Gasteiger partial charge in [-0.25, -0.2) is 8.42 Å². The van der Waals surface area contributed by atoms with Crippen molar-refractivity contribution in [3.63, 3.8) is 0 Å². The first-order valence-electron chi connectivity index (χ1n) is 14.7. The molecule has 0 radical (unpaired) electrons. The molecule has 0 fully saturated rings. The number of nitrogens with zero attached hydrogens (tertiary/aromatic N) is 2. The maximum Gasteiger partial charge on any atom is 0.264 e. The van der Waals surface area contributed by atoms with Gasteiger partial charge < -0.3 is 19.7 Å². The minimum Gasteiger partial charge on any atom is -0.497 e. The molecule has 0 aliphatic heterocycles. The number of hydrogen-bond donors (Lipinski definition) is 1. The van der Waals surface area contributed by atoms with Crippen molar-refractivity contribution in [2.75, 3.05) is 25.1 Å². The molecule has 4 rings (SSSR count). The van der Waals surface area contributed by atoms with E-state index in [9.17, 15) is 18.0 Å². The number of ether oxygens (including phenoxy) is 2. The number of hydrogen-bond acceptors (Lipinski definition) is 6. The summed E-state index contributed by atoms with van der Waals surface area (Å²) in [7, 11) is -1.25. The van der Waals surface area contributed by atoms with Crippen LogP contribution in [0.5, 0.6) is 11.5 Å². The average Bonchev–Trinajstić information content (AvgIpc) is 3.05. The first kappa shape index (κ1) is 34.3. The molecule has 0 bridgehead atoms. The van der Waals surface area contributed by atoms with Gasteiger partial charge in [-0.3, -0.25) is 13.9 Å². The predicted octanol–water partition coefficient (Wildman–Crippen LogP) is 5.72. The van der Waals surface area contributed by atoms with Crippen molar-refractivity contribution in [1.82, 2.24) is 10.2 Å². The number of anilines is 1. The number of nitrogens with one attached hydrogen (secondary N) is 1. The Morgan fingerprint density at radius 1 is 0.804 bits per heavy atom. The molecule has 0 heterocycles. The molecule has 0 saturated heterocycles. The van der Waals surface area contributed by atoms with Gasteiger partial charge in [0.25, 0.3) is 10.0 Å². The van der Waals surface area contributed by atoms with Crippen LogP contribution < -0.4 is 19.1 Å². The topological polar surface area (TPSA) is 105 Å². The van der Waals surface area contributed by atoms with E-state index in [-0.39, 0.29) is 35.5 Å². The number of benzene rings is 4. The molecule has 0 aromatic heterocycles. The summed E-state index contributed by atoms with van der Waals surface area (Å²) in [6.07, 6.45) is 0.206. The van der Waals surface area contributed by atoms with Crippen LogP contribution in [-0.2, 0) is 32.6 Å². The maximum atomic E-state index is 14.5. The molecular weight excluding hydrogens is 626 g/mol. The van der Waals surface area contributed by atoms with E-state index in [1.165, 1.54) is 42.3 Å². The summed E-state index contributed by atoms with van der Waals surface area (Å²) < 4.78 is 39.9. The number of amides is 2. The average molecular weight is 664 g/mol. The minimum absolute atomic E-state index is 0.0189. The normalized spacial score (nSPS) is 11.9. The molecular formula is C35H38ClN3O6S.